The van der Waals surface area contributed by atoms with Crippen LogP contribution in [0.5, 0.6) is 11.5 Å². The van der Waals surface area contributed by atoms with E-state index in [4.69, 9.17) is 9.47 Å². The Morgan fingerprint density at radius 1 is 1.24 bits per heavy atom. The summed E-state index contributed by atoms with van der Waals surface area (Å²) in [6.45, 7) is 1.21. The summed E-state index contributed by atoms with van der Waals surface area (Å²) in [5.74, 6) is 1.26. The molecule has 0 radical (unpaired) electrons. The Bertz CT molecular complexity index is 519. The van der Waals surface area contributed by atoms with Crippen molar-refractivity contribution in [2.24, 2.45) is 0 Å². The van der Waals surface area contributed by atoms with E-state index >= 15 is 0 Å². The van der Waals surface area contributed by atoms with Gasteiger partial charge < -0.3 is 19.5 Å². The molecular formula is C16H21NO4. The van der Waals surface area contributed by atoms with Gasteiger partial charge in [0.2, 0.25) is 5.91 Å². The Morgan fingerprint density at radius 2 is 1.90 bits per heavy atom. The second kappa shape index (κ2) is 7.13. The fraction of sp³-hybridized carbons (Fsp3) is 0.438. The Balaban J connectivity index is 2.02. The molecule has 0 spiro atoms. The van der Waals surface area contributed by atoms with Gasteiger partial charge in [0.05, 0.1) is 20.3 Å². The van der Waals surface area contributed by atoms with Crippen LogP contribution < -0.4 is 9.47 Å². The predicted octanol–water partition coefficient (Wildman–Crippen LogP) is 1.70. The normalized spacial score (nSPS) is 16.2. The van der Waals surface area contributed by atoms with Gasteiger partial charge >= 0.3 is 0 Å². The number of nitrogens with zero attached hydrogens (tertiary/aromatic N) is 1. The summed E-state index contributed by atoms with van der Waals surface area (Å²) in [6, 6.07) is 5.49. The van der Waals surface area contributed by atoms with Crippen molar-refractivity contribution in [3.63, 3.8) is 0 Å². The smallest absolute Gasteiger partial charge is 0.246 e. The van der Waals surface area contributed by atoms with Crippen LogP contribution in [0.25, 0.3) is 6.08 Å². The summed E-state index contributed by atoms with van der Waals surface area (Å²) in [7, 11) is 3.16. The number of aliphatic hydroxyl groups excluding tert-OH is 1. The minimum Gasteiger partial charge on any atom is -0.493 e. The molecule has 0 unspecified atom stereocenters. The van der Waals surface area contributed by atoms with E-state index in [-0.39, 0.29) is 12.0 Å². The third-order valence-corrected chi connectivity index (χ3v) is 3.60. The second-order valence-electron chi connectivity index (χ2n) is 5.00. The number of hydrogen-bond donors (Lipinski definition) is 1. The van der Waals surface area contributed by atoms with Crippen LogP contribution in [-0.2, 0) is 4.79 Å². The van der Waals surface area contributed by atoms with E-state index in [1.165, 1.54) is 0 Å². The molecule has 1 aliphatic rings. The lowest BCUT2D eigenvalue weighted by molar-refractivity contribution is -0.127. The van der Waals surface area contributed by atoms with Crippen LogP contribution in [-0.4, -0.2) is 49.3 Å². The van der Waals surface area contributed by atoms with E-state index < -0.39 is 0 Å². The number of piperidine rings is 1. The Kier molecular flexibility index (Phi) is 5.22. The van der Waals surface area contributed by atoms with E-state index in [1.807, 2.05) is 12.1 Å². The number of likely N-dealkylation sites (tertiary alicyclic amines) is 1. The van der Waals surface area contributed by atoms with Gasteiger partial charge in [-0.05, 0) is 36.6 Å². The molecule has 114 valence electrons. The maximum atomic E-state index is 12.1. The lowest BCUT2D eigenvalue weighted by atomic mass is 10.1. The second-order valence-corrected chi connectivity index (χ2v) is 5.00. The average Bonchev–Trinajstić information content (AvgIpc) is 2.52. The number of hydrogen-bond acceptors (Lipinski definition) is 4. The molecule has 1 aromatic rings. The molecule has 1 N–H and O–H groups in total. The summed E-state index contributed by atoms with van der Waals surface area (Å²) in [4.78, 5) is 13.8. The molecule has 1 heterocycles. The van der Waals surface area contributed by atoms with E-state index in [9.17, 15) is 9.90 Å². The molecule has 1 aromatic carbocycles. The van der Waals surface area contributed by atoms with Gasteiger partial charge in [-0.1, -0.05) is 6.07 Å². The van der Waals surface area contributed by atoms with Crippen molar-refractivity contribution in [2.45, 2.75) is 18.9 Å². The third-order valence-electron chi connectivity index (χ3n) is 3.60. The highest BCUT2D eigenvalue weighted by Crippen LogP contribution is 2.28. The zero-order valence-corrected chi connectivity index (χ0v) is 12.4. The number of carbonyl (C=O) groups is 1. The largest absolute Gasteiger partial charge is 0.493 e. The minimum absolute atomic E-state index is 0.0308. The molecule has 0 aliphatic carbocycles. The highest BCUT2D eigenvalue weighted by atomic mass is 16.5. The van der Waals surface area contributed by atoms with Crippen LogP contribution in [0.4, 0.5) is 0 Å². The molecule has 5 heteroatoms. The van der Waals surface area contributed by atoms with Crippen molar-refractivity contribution in [3.8, 4) is 11.5 Å². The van der Waals surface area contributed by atoms with Crippen LogP contribution in [0.15, 0.2) is 24.3 Å². The Hall–Kier alpha value is -2.01. The average molecular weight is 291 g/mol. The SMILES string of the molecule is COc1ccc(/C=C/C(=O)N2CCC(O)CC2)cc1OC. The first kappa shape index (κ1) is 15.4. The first-order chi connectivity index (χ1) is 10.1. The summed E-state index contributed by atoms with van der Waals surface area (Å²) in [5.41, 5.74) is 0.873. The molecular weight excluding hydrogens is 270 g/mol. The number of methoxy groups -OCH3 is 2. The van der Waals surface area contributed by atoms with E-state index in [0.717, 1.165) is 5.56 Å². The fourth-order valence-corrected chi connectivity index (χ4v) is 2.32. The third kappa shape index (κ3) is 3.98. The van der Waals surface area contributed by atoms with Crippen LogP contribution in [0.1, 0.15) is 18.4 Å². The number of aliphatic hydroxyl groups is 1. The first-order valence-electron chi connectivity index (χ1n) is 7.01. The van der Waals surface area contributed by atoms with Crippen molar-refractivity contribution in [2.75, 3.05) is 27.3 Å². The molecule has 0 saturated carbocycles. The molecule has 21 heavy (non-hydrogen) atoms. The summed E-state index contributed by atoms with van der Waals surface area (Å²) in [5, 5.41) is 9.44. The number of amides is 1. The van der Waals surface area contributed by atoms with E-state index in [2.05, 4.69) is 0 Å². The van der Waals surface area contributed by atoms with Crippen LogP contribution >= 0.6 is 0 Å². The minimum atomic E-state index is -0.274. The highest BCUT2D eigenvalue weighted by Gasteiger charge is 2.19. The maximum absolute atomic E-state index is 12.1. The molecule has 1 fully saturated rings. The van der Waals surface area contributed by atoms with Gasteiger partial charge in [-0.15, -0.1) is 0 Å². The van der Waals surface area contributed by atoms with E-state index in [0.29, 0.717) is 37.4 Å². The van der Waals surface area contributed by atoms with Crippen molar-refractivity contribution >= 4 is 12.0 Å². The first-order valence-corrected chi connectivity index (χ1v) is 7.01. The van der Waals surface area contributed by atoms with Crippen LogP contribution in [0, 0.1) is 0 Å². The van der Waals surface area contributed by atoms with Crippen LogP contribution in [0.2, 0.25) is 0 Å². The molecule has 1 saturated heterocycles. The Labute approximate surface area is 124 Å². The van der Waals surface area contributed by atoms with Gasteiger partial charge in [0, 0.05) is 19.2 Å². The van der Waals surface area contributed by atoms with E-state index in [1.54, 1.807) is 37.3 Å². The van der Waals surface area contributed by atoms with Crippen molar-refractivity contribution < 1.29 is 19.4 Å². The number of carbonyl (C=O) groups excluding carboxylic acids is 1. The molecule has 0 bridgehead atoms. The molecule has 1 amide bonds. The summed E-state index contributed by atoms with van der Waals surface area (Å²) < 4.78 is 10.4. The highest BCUT2D eigenvalue weighted by molar-refractivity contribution is 5.91. The zero-order chi connectivity index (χ0) is 15.2. The number of ether oxygens (including phenoxy) is 2. The standard InChI is InChI=1S/C16H21NO4/c1-20-14-5-3-12(11-15(14)21-2)4-6-16(19)17-9-7-13(18)8-10-17/h3-6,11,13,18H,7-10H2,1-2H3/b6-4+. The van der Waals surface area contributed by atoms with Gasteiger partial charge in [0.1, 0.15) is 0 Å². The maximum Gasteiger partial charge on any atom is 0.246 e. The Morgan fingerprint density at radius 3 is 2.52 bits per heavy atom. The van der Waals surface area contributed by atoms with Crippen LogP contribution in [0.3, 0.4) is 0 Å². The number of benzene rings is 1. The molecule has 5 nitrogen and oxygen atoms in total. The van der Waals surface area contributed by atoms with Crippen molar-refractivity contribution in [1.29, 1.82) is 0 Å². The van der Waals surface area contributed by atoms with Gasteiger partial charge in [-0.3, -0.25) is 4.79 Å². The van der Waals surface area contributed by atoms with Crippen molar-refractivity contribution in [3.05, 3.63) is 29.8 Å². The van der Waals surface area contributed by atoms with Gasteiger partial charge in [0.25, 0.3) is 0 Å². The molecule has 2 rings (SSSR count). The predicted molar refractivity (Wildman–Crippen MR) is 80.4 cm³/mol. The summed E-state index contributed by atoms with van der Waals surface area (Å²) in [6.07, 6.45) is 4.34. The quantitative estimate of drug-likeness (QED) is 0.858. The van der Waals surface area contributed by atoms with Gasteiger partial charge in [-0.25, -0.2) is 0 Å². The van der Waals surface area contributed by atoms with Crippen molar-refractivity contribution in [1.82, 2.24) is 4.90 Å². The van der Waals surface area contributed by atoms with Gasteiger partial charge in [0.15, 0.2) is 11.5 Å². The lowest BCUT2D eigenvalue weighted by Crippen LogP contribution is -2.39. The monoisotopic (exact) mass is 291 g/mol. The number of rotatable bonds is 4. The molecule has 0 atom stereocenters. The molecule has 0 aromatic heterocycles. The molecule has 1 aliphatic heterocycles. The lowest BCUT2D eigenvalue weighted by Gasteiger charge is -2.28. The van der Waals surface area contributed by atoms with Gasteiger partial charge in [-0.2, -0.15) is 0 Å². The summed E-state index contributed by atoms with van der Waals surface area (Å²) >= 11 is 0. The topological polar surface area (TPSA) is 59.0 Å². The zero-order valence-electron chi connectivity index (χ0n) is 12.4. The fourth-order valence-electron chi connectivity index (χ4n) is 2.32.